The molecule has 2 aromatic carbocycles. The molecule has 124 valence electrons. The molecule has 1 amide bonds. The molecule has 0 aromatic heterocycles. The number of carbonyl (C=O) groups excluding carboxylic acids is 1. The second-order valence-electron chi connectivity index (χ2n) is 5.79. The van der Waals surface area contributed by atoms with Crippen LogP contribution in [0.2, 0.25) is 0 Å². The van der Waals surface area contributed by atoms with Crippen LogP contribution in [0.1, 0.15) is 41.9 Å². The Hall–Kier alpha value is -2.89. The summed E-state index contributed by atoms with van der Waals surface area (Å²) in [6.45, 7) is 2.73. The number of amides is 1. The molecule has 6 nitrogen and oxygen atoms in total. The number of carbonyl (C=O) groups is 1. The van der Waals surface area contributed by atoms with E-state index in [1.165, 1.54) is 12.1 Å². The second-order valence-corrected chi connectivity index (χ2v) is 5.79. The maximum Gasteiger partial charge on any atom is 0.271 e. The first-order valence-corrected chi connectivity index (χ1v) is 8.02. The lowest BCUT2D eigenvalue weighted by Gasteiger charge is -2.27. The minimum absolute atomic E-state index is 0.00183. The van der Waals surface area contributed by atoms with Crippen molar-refractivity contribution in [1.82, 2.24) is 4.90 Å². The number of hydrogen-bond donors (Lipinski definition) is 1. The third kappa shape index (κ3) is 2.95. The number of non-ortho nitro benzene ring substituents is 1. The van der Waals surface area contributed by atoms with Crippen LogP contribution in [0.4, 0.5) is 11.4 Å². The fraction of sp³-hybridized carbons (Fsp3) is 0.278. The maximum atomic E-state index is 12.7. The standard InChI is InChI=1S/C18H19N3O3/c1-2-3-11-20-17(15-9-4-5-10-16(15)18(20)22)19-13-7-6-8-14(12-13)21(23)24/h4-10,12,17,19H,2-3,11H2,1H3. The molecule has 0 saturated heterocycles. The number of anilines is 1. The van der Waals surface area contributed by atoms with E-state index in [1.54, 1.807) is 17.0 Å². The molecule has 1 unspecified atom stereocenters. The van der Waals surface area contributed by atoms with E-state index >= 15 is 0 Å². The van der Waals surface area contributed by atoms with Crippen molar-refractivity contribution in [2.24, 2.45) is 0 Å². The number of nitrogens with zero attached hydrogens (tertiary/aromatic N) is 2. The van der Waals surface area contributed by atoms with Crippen LogP contribution in [-0.4, -0.2) is 22.3 Å². The number of benzene rings is 2. The Kier molecular flexibility index (Phi) is 4.46. The Morgan fingerprint density at radius 3 is 2.75 bits per heavy atom. The number of rotatable bonds is 6. The van der Waals surface area contributed by atoms with Gasteiger partial charge in [-0.05, 0) is 18.6 Å². The molecule has 1 aliphatic rings. The molecule has 0 radical (unpaired) electrons. The van der Waals surface area contributed by atoms with Crippen molar-refractivity contribution in [3.8, 4) is 0 Å². The van der Waals surface area contributed by atoms with Gasteiger partial charge in [0.2, 0.25) is 0 Å². The largest absolute Gasteiger partial charge is 0.361 e. The summed E-state index contributed by atoms with van der Waals surface area (Å²) < 4.78 is 0. The zero-order valence-electron chi connectivity index (χ0n) is 13.4. The van der Waals surface area contributed by atoms with E-state index in [1.807, 2.05) is 24.3 Å². The summed E-state index contributed by atoms with van der Waals surface area (Å²) in [4.78, 5) is 25.0. The van der Waals surface area contributed by atoms with Crippen LogP contribution in [0.3, 0.4) is 0 Å². The molecule has 0 fully saturated rings. The van der Waals surface area contributed by atoms with Gasteiger partial charge in [-0.25, -0.2) is 0 Å². The monoisotopic (exact) mass is 325 g/mol. The first-order chi connectivity index (χ1) is 11.6. The van der Waals surface area contributed by atoms with Crippen molar-refractivity contribution >= 4 is 17.3 Å². The van der Waals surface area contributed by atoms with Crippen molar-refractivity contribution in [2.75, 3.05) is 11.9 Å². The average molecular weight is 325 g/mol. The Morgan fingerprint density at radius 1 is 1.21 bits per heavy atom. The molecule has 1 heterocycles. The molecule has 1 aliphatic heterocycles. The van der Waals surface area contributed by atoms with Crippen LogP contribution in [0, 0.1) is 10.1 Å². The van der Waals surface area contributed by atoms with E-state index in [9.17, 15) is 14.9 Å². The minimum atomic E-state index is -0.423. The van der Waals surface area contributed by atoms with E-state index in [-0.39, 0.29) is 17.8 Å². The number of hydrogen-bond acceptors (Lipinski definition) is 4. The molecule has 0 spiro atoms. The maximum absolute atomic E-state index is 12.7. The Balaban J connectivity index is 1.92. The van der Waals surface area contributed by atoms with E-state index in [2.05, 4.69) is 12.2 Å². The van der Waals surface area contributed by atoms with Gasteiger partial charge < -0.3 is 10.2 Å². The van der Waals surface area contributed by atoms with Gasteiger partial charge in [-0.1, -0.05) is 37.6 Å². The zero-order chi connectivity index (χ0) is 17.1. The van der Waals surface area contributed by atoms with Gasteiger partial charge in [0, 0.05) is 35.5 Å². The Labute approximate surface area is 140 Å². The van der Waals surface area contributed by atoms with E-state index in [4.69, 9.17) is 0 Å². The SMILES string of the molecule is CCCCN1C(=O)c2ccccc2C1Nc1cccc([N+](=O)[O-])c1. The van der Waals surface area contributed by atoms with Crippen molar-refractivity contribution in [1.29, 1.82) is 0 Å². The first-order valence-electron chi connectivity index (χ1n) is 8.02. The van der Waals surface area contributed by atoms with Gasteiger partial charge >= 0.3 is 0 Å². The Bertz CT molecular complexity index is 776. The highest BCUT2D eigenvalue weighted by Gasteiger charge is 2.35. The van der Waals surface area contributed by atoms with Crippen molar-refractivity contribution in [3.05, 3.63) is 69.8 Å². The molecule has 1 atom stereocenters. The van der Waals surface area contributed by atoms with E-state index in [0.29, 0.717) is 17.8 Å². The van der Waals surface area contributed by atoms with E-state index < -0.39 is 4.92 Å². The smallest absolute Gasteiger partial charge is 0.271 e. The first kappa shape index (κ1) is 16.0. The van der Waals surface area contributed by atoms with Gasteiger partial charge in [-0.15, -0.1) is 0 Å². The molecule has 0 bridgehead atoms. The summed E-state index contributed by atoms with van der Waals surface area (Å²) in [6, 6.07) is 13.9. The van der Waals surface area contributed by atoms with Gasteiger partial charge in [0.25, 0.3) is 11.6 Å². The summed E-state index contributed by atoms with van der Waals surface area (Å²) in [5.74, 6) is 0.00183. The van der Waals surface area contributed by atoms with Crippen LogP contribution in [0.25, 0.3) is 0 Å². The fourth-order valence-electron chi connectivity index (χ4n) is 2.95. The number of fused-ring (bicyclic) bond motifs is 1. The summed E-state index contributed by atoms with van der Waals surface area (Å²) >= 11 is 0. The lowest BCUT2D eigenvalue weighted by molar-refractivity contribution is -0.384. The highest BCUT2D eigenvalue weighted by Crippen LogP contribution is 2.35. The number of nitrogens with one attached hydrogen (secondary N) is 1. The van der Waals surface area contributed by atoms with Crippen LogP contribution >= 0.6 is 0 Å². The van der Waals surface area contributed by atoms with Crippen LogP contribution in [-0.2, 0) is 0 Å². The predicted molar refractivity (Wildman–Crippen MR) is 91.8 cm³/mol. The molecule has 0 saturated carbocycles. The fourth-order valence-corrected chi connectivity index (χ4v) is 2.95. The molecule has 0 aliphatic carbocycles. The quantitative estimate of drug-likeness (QED) is 0.644. The van der Waals surface area contributed by atoms with Crippen molar-refractivity contribution < 1.29 is 9.72 Å². The molecule has 1 N–H and O–H groups in total. The molecule has 6 heteroatoms. The third-order valence-corrected chi connectivity index (χ3v) is 4.17. The number of nitro groups is 1. The highest BCUT2D eigenvalue weighted by molar-refractivity contribution is 5.99. The average Bonchev–Trinajstić information content (AvgIpc) is 2.86. The molecule has 2 aromatic rings. The highest BCUT2D eigenvalue weighted by atomic mass is 16.6. The zero-order valence-corrected chi connectivity index (χ0v) is 13.4. The third-order valence-electron chi connectivity index (χ3n) is 4.17. The van der Waals surface area contributed by atoms with Gasteiger partial charge in [0.05, 0.1) is 4.92 Å². The summed E-state index contributed by atoms with van der Waals surface area (Å²) in [5, 5.41) is 14.2. The van der Waals surface area contributed by atoms with Gasteiger partial charge in [-0.3, -0.25) is 14.9 Å². The summed E-state index contributed by atoms with van der Waals surface area (Å²) in [5.41, 5.74) is 2.25. The van der Waals surface area contributed by atoms with Gasteiger partial charge in [0.1, 0.15) is 6.17 Å². The number of unbranched alkanes of at least 4 members (excludes halogenated alkanes) is 1. The van der Waals surface area contributed by atoms with Crippen LogP contribution in [0.5, 0.6) is 0 Å². The topological polar surface area (TPSA) is 75.5 Å². The van der Waals surface area contributed by atoms with E-state index in [0.717, 1.165) is 18.4 Å². The number of nitro benzene ring substituents is 1. The van der Waals surface area contributed by atoms with Gasteiger partial charge in [0.15, 0.2) is 0 Å². The van der Waals surface area contributed by atoms with Crippen LogP contribution in [0.15, 0.2) is 48.5 Å². The molecular weight excluding hydrogens is 306 g/mol. The molecular formula is C18H19N3O3. The predicted octanol–water partition coefficient (Wildman–Crippen LogP) is 3.96. The second kappa shape index (κ2) is 6.70. The normalized spacial score (nSPS) is 16.1. The summed E-state index contributed by atoms with van der Waals surface area (Å²) in [6.07, 6.45) is 1.60. The molecule has 3 rings (SSSR count). The van der Waals surface area contributed by atoms with Crippen molar-refractivity contribution in [3.63, 3.8) is 0 Å². The lowest BCUT2D eigenvalue weighted by Crippen LogP contribution is -2.33. The van der Waals surface area contributed by atoms with Gasteiger partial charge in [-0.2, -0.15) is 0 Å². The van der Waals surface area contributed by atoms with Crippen LogP contribution < -0.4 is 5.32 Å². The lowest BCUT2D eigenvalue weighted by atomic mass is 10.1. The summed E-state index contributed by atoms with van der Waals surface area (Å²) in [7, 11) is 0. The minimum Gasteiger partial charge on any atom is -0.361 e. The Morgan fingerprint density at radius 2 is 2.00 bits per heavy atom. The van der Waals surface area contributed by atoms with Crippen molar-refractivity contribution in [2.45, 2.75) is 25.9 Å². The molecule has 24 heavy (non-hydrogen) atoms.